The van der Waals surface area contributed by atoms with E-state index in [1.54, 1.807) is 0 Å². The van der Waals surface area contributed by atoms with E-state index in [2.05, 4.69) is 27.3 Å². The maximum atomic E-state index is 6.03. The summed E-state index contributed by atoms with van der Waals surface area (Å²) in [5, 5.41) is 4.44. The normalized spacial score (nSPS) is 28.6. The zero-order valence-corrected chi connectivity index (χ0v) is 15.1. The quantitative estimate of drug-likeness (QED) is 0.674. The van der Waals surface area contributed by atoms with Crippen molar-refractivity contribution in [1.29, 1.82) is 0 Å². The third-order valence-electron chi connectivity index (χ3n) is 6.03. The lowest BCUT2D eigenvalue weighted by Gasteiger charge is -2.26. The molecule has 3 fully saturated rings. The van der Waals surface area contributed by atoms with Gasteiger partial charge in [0.05, 0.1) is 6.61 Å². The van der Waals surface area contributed by atoms with Gasteiger partial charge in [-0.15, -0.1) is 0 Å². The van der Waals surface area contributed by atoms with Gasteiger partial charge in [0.1, 0.15) is 0 Å². The highest BCUT2D eigenvalue weighted by Crippen LogP contribution is 2.48. The Balaban J connectivity index is 1.38. The highest BCUT2D eigenvalue weighted by Gasteiger charge is 2.45. The van der Waals surface area contributed by atoms with Crippen molar-refractivity contribution in [2.45, 2.75) is 31.1 Å². The van der Waals surface area contributed by atoms with Crippen LogP contribution >= 0.6 is 11.6 Å². The zero-order chi connectivity index (χ0) is 16.6. The smallest absolute Gasteiger partial charge is 0.193 e. The summed E-state index contributed by atoms with van der Waals surface area (Å²) >= 11 is 6.03. The van der Waals surface area contributed by atoms with Crippen molar-refractivity contribution in [3.63, 3.8) is 0 Å². The first-order valence-electron chi connectivity index (χ1n) is 8.94. The first-order valence-corrected chi connectivity index (χ1v) is 9.32. The number of hydrogen-bond acceptors (Lipinski definition) is 2. The number of likely N-dealkylation sites (tertiary alicyclic amines) is 1. The van der Waals surface area contributed by atoms with Crippen LogP contribution in [0.1, 0.15) is 31.2 Å². The van der Waals surface area contributed by atoms with Crippen LogP contribution in [0.25, 0.3) is 0 Å². The molecule has 1 N–H and O–H groups in total. The van der Waals surface area contributed by atoms with Crippen LogP contribution < -0.4 is 5.32 Å². The summed E-state index contributed by atoms with van der Waals surface area (Å²) in [6.45, 7) is 4.92. The molecule has 1 saturated carbocycles. The molecule has 4 rings (SSSR count). The summed E-state index contributed by atoms with van der Waals surface area (Å²) in [6, 6.07) is 8.33. The minimum atomic E-state index is 0.258. The van der Waals surface area contributed by atoms with Gasteiger partial charge >= 0.3 is 0 Å². The van der Waals surface area contributed by atoms with Gasteiger partial charge in [0.25, 0.3) is 0 Å². The van der Waals surface area contributed by atoms with Gasteiger partial charge in [0.15, 0.2) is 5.96 Å². The Morgan fingerprint density at radius 2 is 2.04 bits per heavy atom. The predicted molar refractivity (Wildman–Crippen MR) is 97.8 cm³/mol. The SMILES string of the molecule is CN=C(NCC1(c2ccc(Cl)cc2)CC1)N1CCC2(CCOC2)C1. The summed E-state index contributed by atoms with van der Waals surface area (Å²) in [7, 11) is 1.89. The summed E-state index contributed by atoms with van der Waals surface area (Å²) in [4.78, 5) is 6.94. The number of nitrogens with one attached hydrogen (secondary N) is 1. The van der Waals surface area contributed by atoms with Crippen molar-refractivity contribution in [2.24, 2.45) is 10.4 Å². The van der Waals surface area contributed by atoms with Gasteiger partial charge in [-0.05, 0) is 43.4 Å². The van der Waals surface area contributed by atoms with Crippen LogP contribution in [0.4, 0.5) is 0 Å². The van der Waals surface area contributed by atoms with Gasteiger partial charge in [-0.3, -0.25) is 4.99 Å². The van der Waals surface area contributed by atoms with E-state index in [-0.39, 0.29) is 5.41 Å². The number of guanidine groups is 1. The van der Waals surface area contributed by atoms with Gasteiger partial charge in [-0.2, -0.15) is 0 Å². The molecule has 1 spiro atoms. The molecule has 0 bridgehead atoms. The van der Waals surface area contributed by atoms with Crippen LogP contribution in [0.2, 0.25) is 5.02 Å². The van der Waals surface area contributed by atoms with Crippen LogP contribution in [0, 0.1) is 5.41 Å². The van der Waals surface area contributed by atoms with Crippen molar-refractivity contribution in [1.82, 2.24) is 10.2 Å². The lowest BCUT2D eigenvalue weighted by atomic mass is 9.87. The predicted octanol–water partition coefficient (Wildman–Crippen LogP) is 3.06. The van der Waals surface area contributed by atoms with Gasteiger partial charge in [-0.25, -0.2) is 0 Å². The van der Waals surface area contributed by atoms with Crippen LogP contribution in [-0.2, 0) is 10.2 Å². The van der Waals surface area contributed by atoms with E-state index in [0.717, 1.165) is 43.8 Å². The summed E-state index contributed by atoms with van der Waals surface area (Å²) < 4.78 is 5.64. The fourth-order valence-corrected chi connectivity index (χ4v) is 4.32. The molecule has 130 valence electrons. The molecule has 2 heterocycles. The monoisotopic (exact) mass is 347 g/mol. The largest absolute Gasteiger partial charge is 0.381 e. The standard InChI is InChI=1S/C19H26ClN3O/c1-21-17(23-10-8-18(13-23)9-11-24-14-18)22-12-19(6-7-19)15-2-4-16(20)5-3-15/h2-5H,6-14H2,1H3,(H,21,22). The second-order valence-electron chi connectivity index (χ2n) is 7.66. The molecule has 4 nitrogen and oxygen atoms in total. The topological polar surface area (TPSA) is 36.9 Å². The molecule has 5 heteroatoms. The van der Waals surface area contributed by atoms with E-state index in [4.69, 9.17) is 16.3 Å². The van der Waals surface area contributed by atoms with E-state index in [1.165, 1.54) is 31.2 Å². The lowest BCUT2D eigenvalue weighted by Crippen LogP contribution is -2.44. The Labute approximate surface area is 149 Å². The molecule has 1 unspecified atom stereocenters. The van der Waals surface area contributed by atoms with Crippen LogP contribution in [0.15, 0.2) is 29.3 Å². The molecular weight excluding hydrogens is 322 g/mol. The number of nitrogens with zero attached hydrogens (tertiary/aromatic N) is 2. The molecule has 3 aliphatic rings. The first-order chi connectivity index (χ1) is 11.6. The van der Waals surface area contributed by atoms with Crippen LogP contribution in [-0.4, -0.2) is 50.8 Å². The molecule has 1 aliphatic carbocycles. The minimum absolute atomic E-state index is 0.258. The maximum absolute atomic E-state index is 6.03. The minimum Gasteiger partial charge on any atom is -0.381 e. The summed E-state index contributed by atoms with van der Waals surface area (Å²) in [6.07, 6.45) is 4.87. The molecule has 1 aromatic carbocycles. The average molecular weight is 348 g/mol. The third kappa shape index (κ3) is 3.02. The second-order valence-corrected chi connectivity index (χ2v) is 8.10. The molecule has 24 heavy (non-hydrogen) atoms. The van der Waals surface area contributed by atoms with E-state index >= 15 is 0 Å². The zero-order valence-electron chi connectivity index (χ0n) is 14.4. The number of rotatable bonds is 3. The van der Waals surface area contributed by atoms with E-state index < -0.39 is 0 Å². The maximum Gasteiger partial charge on any atom is 0.193 e. The van der Waals surface area contributed by atoms with Crippen molar-refractivity contribution in [3.8, 4) is 0 Å². The summed E-state index contributed by atoms with van der Waals surface area (Å²) in [5.41, 5.74) is 2.01. The third-order valence-corrected chi connectivity index (χ3v) is 6.28. The van der Waals surface area contributed by atoms with Crippen LogP contribution in [0.3, 0.4) is 0 Å². The Bertz CT molecular complexity index is 618. The van der Waals surface area contributed by atoms with E-state index in [0.29, 0.717) is 5.41 Å². The second kappa shape index (κ2) is 6.23. The number of hydrogen-bond donors (Lipinski definition) is 1. The van der Waals surface area contributed by atoms with Crippen molar-refractivity contribution in [2.75, 3.05) is 39.9 Å². The summed E-state index contributed by atoms with van der Waals surface area (Å²) in [5.74, 6) is 1.04. The van der Waals surface area contributed by atoms with E-state index in [9.17, 15) is 0 Å². The highest BCUT2D eigenvalue weighted by molar-refractivity contribution is 6.30. The molecule has 1 atom stereocenters. The van der Waals surface area contributed by atoms with E-state index in [1.807, 2.05) is 19.2 Å². The molecule has 0 amide bonds. The number of halogens is 1. The molecule has 2 saturated heterocycles. The molecule has 0 aromatic heterocycles. The van der Waals surface area contributed by atoms with Crippen molar-refractivity contribution in [3.05, 3.63) is 34.9 Å². The Morgan fingerprint density at radius 1 is 1.25 bits per heavy atom. The van der Waals surface area contributed by atoms with Crippen molar-refractivity contribution >= 4 is 17.6 Å². The Morgan fingerprint density at radius 3 is 2.67 bits per heavy atom. The number of aliphatic imine (C=N–C) groups is 1. The first kappa shape index (κ1) is 16.2. The molecule has 0 radical (unpaired) electrons. The Hall–Kier alpha value is -1.26. The Kier molecular flexibility index (Phi) is 4.21. The molecule has 1 aromatic rings. The van der Waals surface area contributed by atoms with Gasteiger partial charge < -0.3 is 15.0 Å². The van der Waals surface area contributed by atoms with Crippen molar-refractivity contribution < 1.29 is 4.74 Å². The van der Waals surface area contributed by atoms with Crippen LogP contribution in [0.5, 0.6) is 0 Å². The number of ether oxygens (including phenoxy) is 1. The lowest BCUT2D eigenvalue weighted by molar-refractivity contribution is 0.156. The fraction of sp³-hybridized carbons (Fsp3) is 0.632. The van der Waals surface area contributed by atoms with Gasteiger partial charge in [-0.1, -0.05) is 23.7 Å². The average Bonchev–Trinajstić information content (AvgIpc) is 3.06. The van der Waals surface area contributed by atoms with Gasteiger partial charge in [0, 0.05) is 49.1 Å². The van der Waals surface area contributed by atoms with Gasteiger partial charge in [0.2, 0.25) is 0 Å². The molecular formula is C19H26ClN3O. The number of benzene rings is 1. The molecule has 2 aliphatic heterocycles. The fourth-order valence-electron chi connectivity index (χ4n) is 4.19. The highest BCUT2D eigenvalue weighted by atomic mass is 35.5.